The van der Waals surface area contributed by atoms with E-state index in [2.05, 4.69) is 0 Å². The lowest BCUT2D eigenvalue weighted by Crippen LogP contribution is -2.48. The van der Waals surface area contributed by atoms with E-state index in [0.29, 0.717) is 6.42 Å². The van der Waals surface area contributed by atoms with E-state index in [9.17, 15) is 16.8 Å². The SMILES string of the molecule is CN([C@]1(C)CCS(=O)(=O)C1)S(=O)(=O)c1ccccc1. The summed E-state index contributed by atoms with van der Waals surface area (Å²) in [4.78, 5) is 0.183. The number of benzene rings is 1. The molecule has 1 fully saturated rings. The molecule has 7 heteroatoms. The lowest BCUT2D eigenvalue weighted by Gasteiger charge is -2.33. The van der Waals surface area contributed by atoms with Crippen molar-refractivity contribution in [2.75, 3.05) is 18.6 Å². The molecular weight excluding hydrogens is 286 g/mol. The average Bonchev–Trinajstić information content (AvgIpc) is 2.65. The molecule has 1 atom stereocenters. The molecule has 0 saturated carbocycles. The van der Waals surface area contributed by atoms with Crippen LogP contribution < -0.4 is 0 Å². The first-order valence-corrected chi connectivity index (χ1v) is 9.18. The van der Waals surface area contributed by atoms with E-state index in [1.807, 2.05) is 0 Å². The molecule has 1 aliphatic heterocycles. The van der Waals surface area contributed by atoms with Gasteiger partial charge in [-0.15, -0.1) is 0 Å². The molecule has 0 radical (unpaired) electrons. The van der Waals surface area contributed by atoms with Crippen LogP contribution in [0.5, 0.6) is 0 Å². The van der Waals surface area contributed by atoms with Crippen molar-refractivity contribution in [2.24, 2.45) is 0 Å². The van der Waals surface area contributed by atoms with E-state index >= 15 is 0 Å². The summed E-state index contributed by atoms with van der Waals surface area (Å²) >= 11 is 0. The Morgan fingerprint density at radius 2 is 1.79 bits per heavy atom. The van der Waals surface area contributed by atoms with Crippen LogP contribution in [0.15, 0.2) is 35.2 Å². The molecule has 5 nitrogen and oxygen atoms in total. The van der Waals surface area contributed by atoms with E-state index in [0.717, 1.165) is 0 Å². The lowest BCUT2D eigenvalue weighted by atomic mass is 10.0. The minimum atomic E-state index is -3.66. The van der Waals surface area contributed by atoms with Crippen molar-refractivity contribution in [2.45, 2.75) is 23.8 Å². The second kappa shape index (κ2) is 4.57. The number of hydrogen-bond acceptors (Lipinski definition) is 4. The van der Waals surface area contributed by atoms with E-state index in [4.69, 9.17) is 0 Å². The van der Waals surface area contributed by atoms with E-state index in [1.165, 1.54) is 23.5 Å². The number of rotatable bonds is 3. The standard InChI is InChI=1S/C12H17NO4S2/c1-12(8-9-18(14,15)10-12)13(2)19(16,17)11-6-4-3-5-7-11/h3-7H,8-10H2,1-2H3/t12-/m1/s1. The van der Waals surface area contributed by atoms with Gasteiger partial charge in [0.25, 0.3) is 0 Å². The zero-order valence-electron chi connectivity index (χ0n) is 10.9. The van der Waals surface area contributed by atoms with Gasteiger partial charge in [0.05, 0.1) is 16.4 Å². The Morgan fingerprint density at radius 1 is 1.21 bits per heavy atom. The van der Waals surface area contributed by atoms with Crippen molar-refractivity contribution < 1.29 is 16.8 Å². The van der Waals surface area contributed by atoms with Crippen LogP contribution in [0.2, 0.25) is 0 Å². The van der Waals surface area contributed by atoms with E-state index < -0.39 is 25.4 Å². The van der Waals surface area contributed by atoms with Gasteiger partial charge in [0, 0.05) is 12.6 Å². The van der Waals surface area contributed by atoms with Gasteiger partial charge in [0.1, 0.15) is 0 Å². The maximum absolute atomic E-state index is 12.5. The fourth-order valence-electron chi connectivity index (χ4n) is 2.28. The van der Waals surface area contributed by atoms with Crippen molar-refractivity contribution in [3.05, 3.63) is 30.3 Å². The van der Waals surface area contributed by atoms with Crippen molar-refractivity contribution in [3.8, 4) is 0 Å². The molecule has 1 heterocycles. The Bertz CT molecular complexity index is 667. The molecule has 0 aliphatic carbocycles. The van der Waals surface area contributed by atoms with E-state index in [-0.39, 0.29) is 16.4 Å². The van der Waals surface area contributed by atoms with Crippen LogP contribution in [0.4, 0.5) is 0 Å². The summed E-state index contributed by atoms with van der Waals surface area (Å²) in [7, 11) is -5.36. The summed E-state index contributed by atoms with van der Waals surface area (Å²) in [6, 6.07) is 8.06. The first kappa shape index (κ1) is 14.5. The second-order valence-corrected chi connectivity index (χ2v) is 9.28. The summed E-state index contributed by atoms with van der Waals surface area (Å²) in [5.74, 6) is -0.0826. The topological polar surface area (TPSA) is 71.5 Å². The minimum Gasteiger partial charge on any atom is -0.229 e. The van der Waals surface area contributed by atoms with Gasteiger partial charge in [0.2, 0.25) is 10.0 Å². The third kappa shape index (κ3) is 2.68. The van der Waals surface area contributed by atoms with Gasteiger partial charge in [-0.2, -0.15) is 4.31 Å². The number of nitrogens with zero attached hydrogens (tertiary/aromatic N) is 1. The summed E-state index contributed by atoms with van der Waals surface area (Å²) < 4.78 is 49.3. The highest BCUT2D eigenvalue weighted by Crippen LogP contribution is 2.32. The van der Waals surface area contributed by atoms with Crippen molar-refractivity contribution >= 4 is 19.9 Å². The summed E-state index contributed by atoms with van der Waals surface area (Å²) in [5, 5.41) is 0. The first-order chi connectivity index (χ1) is 8.67. The average molecular weight is 303 g/mol. The molecule has 1 aromatic rings. The van der Waals surface area contributed by atoms with Crippen molar-refractivity contribution in [3.63, 3.8) is 0 Å². The molecule has 1 saturated heterocycles. The molecular formula is C12H17NO4S2. The summed E-state index contributed by atoms with van der Waals surface area (Å²) in [6.45, 7) is 1.68. The molecule has 0 spiro atoms. The van der Waals surface area contributed by atoms with Gasteiger partial charge in [-0.1, -0.05) is 18.2 Å². The van der Waals surface area contributed by atoms with Gasteiger partial charge < -0.3 is 0 Å². The van der Waals surface area contributed by atoms with Crippen LogP contribution in [0.1, 0.15) is 13.3 Å². The quantitative estimate of drug-likeness (QED) is 0.831. The third-order valence-electron chi connectivity index (χ3n) is 3.64. The van der Waals surface area contributed by atoms with Crippen LogP contribution in [-0.2, 0) is 19.9 Å². The van der Waals surface area contributed by atoms with E-state index in [1.54, 1.807) is 25.1 Å². The molecule has 1 aromatic carbocycles. The molecule has 0 bridgehead atoms. The zero-order chi connectivity index (χ0) is 14.3. The van der Waals surface area contributed by atoms with Crippen LogP contribution in [-0.4, -0.2) is 45.2 Å². The zero-order valence-corrected chi connectivity index (χ0v) is 12.5. The van der Waals surface area contributed by atoms with Crippen LogP contribution in [0.25, 0.3) is 0 Å². The lowest BCUT2D eigenvalue weighted by molar-refractivity contribution is 0.272. The maximum Gasteiger partial charge on any atom is 0.243 e. The van der Waals surface area contributed by atoms with Gasteiger partial charge in [0.15, 0.2) is 9.84 Å². The van der Waals surface area contributed by atoms with Gasteiger partial charge in [-0.25, -0.2) is 16.8 Å². The molecule has 1 aliphatic rings. The highest BCUT2D eigenvalue weighted by Gasteiger charge is 2.46. The van der Waals surface area contributed by atoms with Crippen LogP contribution in [0, 0.1) is 0 Å². The normalized spacial score (nSPS) is 26.7. The second-order valence-electron chi connectivity index (χ2n) is 5.12. The molecule has 19 heavy (non-hydrogen) atoms. The monoisotopic (exact) mass is 303 g/mol. The fourth-order valence-corrected chi connectivity index (χ4v) is 6.10. The third-order valence-corrected chi connectivity index (χ3v) is 7.56. The molecule has 2 rings (SSSR count). The smallest absolute Gasteiger partial charge is 0.229 e. The molecule has 0 aromatic heterocycles. The van der Waals surface area contributed by atoms with Crippen LogP contribution in [0.3, 0.4) is 0 Å². The number of sulfonamides is 1. The predicted molar refractivity (Wildman–Crippen MR) is 73.1 cm³/mol. The maximum atomic E-state index is 12.5. The largest absolute Gasteiger partial charge is 0.243 e. The molecule has 106 valence electrons. The Morgan fingerprint density at radius 3 is 2.26 bits per heavy atom. The summed E-state index contributed by atoms with van der Waals surface area (Å²) in [6.07, 6.45) is 0.331. The highest BCUT2D eigenvalue weighted by atomic mass is 32.2. The summed E-state index contributed by atoms with van der Waals surface area (Å²) in [5.41, 5.74) is -0.868. The Kier molecular flexibility index (Phi) is 3.49. The van der Waals surface area contributed by atoms with Crippen LogP contribution >= 0.6 is 0 Å². The number of sulfone groups is 1. The van der Waals surface area contributed by atoms with Gasteiger partial charge in [-0.3, -0.25) is 0 Å². The van der Waals surface area contributed by atoms with Crippen molar-refractivity contribution in [1.82, 2.24) is 4.31 Å². The van der Waals surface area contributed by atoms with Gasteiger partial charge >= 0.3 is 0 Å². The highest BCUT2D eigenvalue weighted by molar-refractivity contribution is 7.92. The molecule has 0 unspecified atom stereocenters. The molecule has 0 N–H and O–H groups in total. The predicted octanol–water partition coefficient (Wildman–Crippen LogP) is 0.884. The minimum absolute atomic E-state index is 0.0398. The first-order valence-electron chi connectivity index (χ1n) is 5.92. The Balaban J connectivity index is 2.38. The van der Waals surface area contributed by atoms with Gasteiger partial charge in [-0.05, 0) is 25.5 Å². The van der Waals surface area contributed by atoms with Crippen molar-refractivity contribution in [1.29, 1.82) is 0 Å². The molecule has 0 amide bonds. The fraction of sp³-hybridized carbons (Fsp3) is 0.500. The Hall–Kier alpha value is -0.920. The number of hydrogen-bond donors (Lipinski definition) is 0. The Labute approximate surface area is 114 Å².